The van der Waals surface area contributed by atoms with Crippen LogP contribution in [-0.4, -0.2) is 15.5 Å². The van der Waals surface area contributed by atoms with Gasteiger partial charge in [0.2, 0.25) is 0 Å². The molecule has 0 aliphatic rings. The zero-order valence-corrected chi connectivity index (χ0v) is 14.2. The number of ether oxygens (including phenoxy) is 1. The van der Waals surface area contributed by atoms with Gasteiger partial charge in [-0.15, -0.1) is 0 Å². The highest BCUT2D eigenvalue weighted by atomic mass is 35.5. The van der Waals surface area contributed by atoms with Gasteiger partial charge in [0.15, 0.2) is 0 Å². The van der Waals surface area contributed by atoms with Crippen molar-refractivity contribution in [2.24, 2.45) is 0 Å². The summed E-state index contributed by atoms with van der Waals surface area (Å²) in [6.45, 7) is 4.01. The molecule has 0 heterocycles. The maximum Gasteiger partial charge on any atom is 0.265 e. The zero-order chi connectivity index (χ0) is 16.3. The molecule has 0 aliphatic carbocycles. The second-order valence-corrected chi connectivity index (χ2v) is 7.26. The minimum absolute atomic E-state index is 0.121. The molecular weight excluding hydrogens is 322 g/mol. The Bertz CT molecular complexity index is 755. The second-order valence-electron chi connectivity index (χ2n) is 5.18. The van der Waals surface area contributed by atoms with Gasteiger partial charge in [-0.3, -0.25) is 4.72 Å². The van der Waals surface area contributed by atoms with E-state index in [4.69, 9.17) is 16.3 Å². The van der Waals surface area contributed by atoms with Gasteiger partial charge < -0.3 is 4.74 Å². The predicted molar refractivity (Wildman–Crippen MR) is 89.3 cm³/mol. The first kappa shape index (κ1) is 16.6. The van der Waals surface area contributed by atoms with Crippen LogP contribution in [0.25, 0.3) is 0 Å². The van der Waals surface area contributed by atoms with Crippen molar-refractivity contribution in [1.29, 1.82) is 0 Å². The smallest absolute Gasteiger partial charge is 0.265 e. The van der Waals surface area contributed by atoms with Crippen molar-refractivity contribution in [3.05, 3.63) is 53.1 Å². The highest BCUT2D eigenvalue weighted by Crippen LogP contribution is 2.29. The number of anilines is 1. The van der Waals surface area contributed by atoms with Crippen LogP contribution >= 0.6 is 11.6 Å². The van der Waals surface area contributed by atoms with E-state index in [1.165, 1.54) is 7.11 Å². The number of methoxy groups -OCH3 is 1. The van der Waals surface area contributed by atoms with E-state index in [0.29, 0.717) is 16.5 Å². The zero-order valence-electron chi connectivity index (χ0n) is 12.6. The van der Waals surface area contributed by atoms with E-state index in [0.717, 1.165) is 5.56 Å². The minimum atomic E-state index is -3.74. The molecule has 0 saturated heterocycles. The summed E-state index contributed by atoms with van der Waals surface area (Å²) in [5.74, 6) is 0.529. The number of halogens is 1. The summed E-state index contributed by atoms with van der Waals surface area (Å²) in [6.07, 6.45) is 0. The van der Waals surface area contributed by atoms with E-state index in [9.17, 15) is 8.42 Å². The highest BCUT2D eigenvalue weighted by Gasteiger charge is 2.21. The van der Waals surface area contributed by atoms with Crippen LogP contribution in [0.15, 0.2) is 47.4 Å². The number of benzene rings is 2. The summed E-state index contributed by atoms with van der Waals surface area (Å²) in [4.78, 5) is 0.121. The molecule has 0 spiro atoms. The molecule has 2 aromatic carbocycles. The molecule has 4 nitrogen and oxygen atoms in total. The van der Waals surface area contributed by atoms with Gasteiger partial charge in [-0.2, -0.15) is 0 Å². The van der Waals surface area contributed by atoms with Gasteiger partial charge in [-0.1, -0.05) is 31.5 Å². The lowest BCUT2D eigenvalue weighted by molar-refractivity contribution is 0.402. The summed E-state index contributed by atoms with van der Waals surface area (Å²) in [7, 11) is -2.29. The number of hydrogen-bond donors (Lipinski definition) is 1. The Morgan fingerprint density at radius 3 is 2.27 bits per heavy atom. The third kappa shape index (κ3) is 3.72. The Morgan fingerprint density at radius 1 is 1.09 bits per heavy atom. The molecule has 0 radical (unpaired) electrons. The third-order valence-corrected chi connectivity index (χ3v) is 4.89. The highest BCUT2D eigenvalue weighted by molar-refractivity contribution is 7.92. The monoisotopic (exact) mass is 339 g/mol. The average molecular weight is 340 g/mol. The van der Waals surface area contributed by atoms with Crippen LogP contribution in [0.4, 0.5) is 5.69 Å². The number of rotatable bonds is 5. The Labute approximate surface area is 136 Å². The van der Waals surface area contributed by atoms with Crippen LogP contribution in [-0.2, 0) is 10.0 Å². The van der Waals surface area contributed by atoms with E-state index in [1.807, 2.05) is 19.9 Å². The molecule has 22 heavy (non-hydrogen) atoms. The van der Waals surface area contributed by atoms with Gasteiger partial charge in [-0.05, 0) is 47.9 Å². The van der Waals surface area contributed by atoms with E-state index in [-0.39, 0.29) is 10.8 Å². The lowest BCUT2D eigenvalue weighted by Crippen LogP contribution is -2.14. The molecule has 0 fully saturated rings. The fourth-order valence-corrected chi connectivity index (χ4v) is 3.38. The quantitative estimate of drug-likeness (QED) is 0.884. The molecule has 118 valence electrons. The first-order valence-electron chi connectivity index (χ1n) is 6.80. The van der Waals surface area contributed by atoms with Gasteiger partial charge in [-0.25, -0.2) is 8.42 Å². The molecule has 0 atom stereocenters. The molecule has 0 saturated carbocycles. The Balaban J connectivity index is 2.43. The van der Waals surface area contributed by atoms with Crippen LogP contribution < -0.4 is 9.46 Å². The average Bonchev–Trinajstić information content (AvgIpc) is 2.48. The standard InChI is InChI=1S/C16H18ClNO3S/c1-11(2)12-4-9-15(21-3)16(10-12)22(19,20)18-14-7-5-13(17)6-8-14/h4-11,18H,1-3H3. The van der Waals surface area contributed by atoms with Gasteiger partial charge in [0.1, 0.15) is 10.6 Å². The van der Waals surface area contributed by atoms with Gasteiger partial charge in [0.25, 0.3) is 10.0 Å². The largest absolute Gasteiger partial charge is 0.495 e. The SMILES string of the molecule is COc1ccc(C(C)C)cc1S(=O)(=O)Nc1ccc(Cl)cc1. The molecule has 1 N–H and O–H groups in total. The molecule has 0 unspecified atom stereocenters. The Kier molecular flexibility index (Phi) is 4.98. The summed E-state index contributed by atoms with van der Waals surface area (Å²) in [5.41, 5.74) is 1.37. The van der Waals surface area contributed by atoms with Crippen molar-refractivity contribution < 1.29 is 13.2 Å². The number of nitrogens with one attached hydrogen (secondary N) is 1. The fourth-order valence-electron chi connectivity index (χ4n) is 1.99. The van der Waals surface area contributed by atoms with Crippen LogP contribution in [0.1, 0.15) is 25.3 Å². The van der Waals surface area contributed by atoms with E-state index in [2.05, 4.69) is 4.72 Å². The van der Waals surface area contributed by atoms with Crippen molar-refractivity contribution in [1.82, 2.24) is 0 Å². The first-order valence-corrected chi connectivity index (χ1v) is 8.66. The van der Waals surface area contributed by atoms with Crippen LogP contribution in [0.5, 0.6) is 5.75 Å². The maximum atomic E-state index is 12.6. The maximum absolute atomic E-state index is 12.6. The third-order valence-electron chi connectivity index (χ3n) is 3.24. The summed E-state index contributed by atoms with van der Waals surface area (Å²) < 4.78 is 33.0. The molecule has 0 bridgehead atoms. The van der Waals surface area contributed by atoms with E-state index >= 15 is 0 Å². The first-order chi connectivity index (χ1) is 10.3. The van der Waals surface area contributed by atoms with Crippen LogP contribution in [0.3, 0.4) is 0 Å². The second kappa shape index (κ2) is 6.58. The Morgan fingerprint density at radius 2 is 1.73 bits per heavy atom. The molecule has 2 rings (SSSR count). The lowest BCUT2D eigenvalue weighted by atomic mass is 10.0. The summed E-state index contributed by atoms with van der Waals surface area (Å²) in [5, 5.41) is 0.544. The van der Waals surface area contributed by atoms with Crippen molar-refractivity contribution in [3.8, 4) is 5.75 Å². The van der Waals surface area contributed by atoms with Gasteiger partial charge in [0.05, 0.1) is 7.11 Å². The van der Waals surface area contributed by atoms with Gasteiger partial charge >= 0.3 is 0 Å². The van der Waals surface area contributed by atoms with Crippen molar-refractivity contribution in [3.63, 3.8) is 0 Å². The van der Waals surface area contributed by atoms with Crippen molar-refractivity contribution in [2.45, 2.75) is 24.7 Å². The van der Waals surface area contributed by atoms with Crippen LogP contribution in [0.2, 0.25) is 5.02 Å². The van der Waals surface area contributed by atoms with Crippen LogP contribution in [0, 0.1) is 0 Å². The molecular formula is C16H18ClNO3S. The molecule has 6 heteroatoms. The predicted octanol–water partition coefficient (Wildman–Crippen LogP) is 4.27. The number of sulfonamides is 1. The van der Waals surface area contributed by atoms with Crippen molar-refractivity contribution in [2.75, 3.05) is 11.8 Å². The molecule has 2 aromatic rings. The summed E-state index contributed by atoms with van der Waals surface area (Å²) >= 11 is 5.81. The van der Waals surface area contributed by atoms with E-state index < -0.39 is 10.0 Å². The van der Waals surface area contributed by atoms with E-state index in [1.54, 1.807) is 36.4 Å². The minimum Gasteiger partial charge on any atom is -0.495 e. The summed E-state index contributed by atoms with van der Waals surface area (Å²) in [6, 6.07) is 11.7. The lowest BCUT2D eigenvalue weighted by Gasteiger charge is -2.14. The topological polar surface area (TPSA) is 55.4 Å². The Hall–Kier alpha value is -1.72. The van der Waals surface area contributed by atoms with Gasteiger partial charge in [0, 0.05) is 10.7 Å². The normalized spacial score (nSPS) is 11.5. The fraction of sp³-hybridized carbons (Fsp3) is 0.250. The molecule has 0 amide bonds. The number of hydrogen-bond acceptors (Lipinski definition) is 3. The van der Waals surface area contributed by atoms with Crippen molar-refractivity contribution >= 4 is 27.3 Å². The molecule has 0 aliphatic heterocycles. The molecule has 0 aromatic heterocycles.